The fourth-order valence-electron chi connectivity index (χ4n) is 4.28. The fraction of sp³-hybridized carbons (Fsp3) is 0.200. The molecule has 1 aliphatic heterocycles. The van der Waals surface area contributed by atoms with E-state index in [1.807, 2.05) is 30.9 Å². The molecule has 2 aromatic carbocycles. The fourth-order valence-corrected chi connectivity index (χ4v) is 4.28. The maximum Gasteiger partial charge on any atom is 0.337 e. The molecule has 2 aromatic heterocycles. The molecule has 0 bridgehead atoms. The van der Waals surface area contributed by atoms with E-state index in [1.54, 1.807) is 36.7 Å². The molecule has 34 heavy (non-hydrogen) atoms. The third kappa shape index (κ3) is 3.75. The molecule has 0 unspecified atom stereocenters. The van der Waals surface area contributed by atoms with Gasteiger partial charge in [-0.15, -0.1) is 0 Å². The number of hydrogen-bond donors (Lipinski definition) is 2. The van der Waals surface area contributed by atoms with Crippen molar-refractivity contribution in [1.29, 1.82) is 5.26 Å². The highest BCUT2D eigenvalue weighted by Crippen LogP contribution is 2.32. The Morgan fingerprint density at radius 1 is 1.15 bits per heavy atom. The quantitative estimate of drug-likeness (QED) is 0.463. The number of fused-ring (bicyclic) bond motifs is 2. The average Bonchev–Trinajstić information content (AvgIpc) is 3.27. The molecule has 168 valence electrons. The molecule has 1 atom stereocenters. The Morgan fingerprint density at radius 3 is 2.53 bits per heavy atom. The van der Waals surface area contributed by atoms with Crippen molar-refractivity contribution in [2.75, 3.05) is 10.2 Å². The Morgan fingerprint density at radius 2 is 1.85 bits per heavy atom. The maximum atomic E-state index is 11.7. The van der Waals surface area contributed by atoms with Crippen LogP contribution in [0.4, 0.5) is 11.5 Å². The minimum absolute atomic E-state index is 0.194. The third-order valence-corrected chi connectivity index (χ3v) is 5.87. The predicted molar refractivity (Wildman–Crippen MR) is 126 cm³/mol. The number of carboxylic acid groups (broad SMARTS) is 1. The molecule has 0 spiro atoms. The van der Waals surface area contributed by atoms with Gasteiger partial charge in [-0.25, -0.2) is 14.8 Å². The van der Waals surface area contributed by atoms with E-state index in [0.717, 1.165) is 22.5 Å². The van der Waals surface area contributed by atoms with Crippen LogP contribution < -0.4 is 10.2 Å². The van der Waals surface area contributed by atoms with E-state index < -0.39 is 5.97 Å². The van der Waals surface area contributed by atoms with Gasteiger partial charge >= 0.3 is 5.97 Å². The number of nitriles is 1. The van der Waals surface area contributed by atoms with Crippen LogP contribution in [0.5, 0.6) is 0 Å². The monoisotopic (exact) mass is 451 g/mol. The summed E-state index contributed by atoms with van der Waals surface area (Å²) in [6, 6.07) is 12.6. The number of rotatable bonds is 5. The summed E-state index contributed by atoms with van der Waals surface area (Å²) in [4.78, 5) is 31.9. The molecule has 9 nitrogen and oxygen atoms in total. The molecule has 0 saturated heterocycles. The lowest BCUT2D eigenvalue weighted by atomic mass is 10.0. The Bertz CT molecular complexity index is 1450. The van der Waals surface area contributed by atoms with E-state index in [0.29, 0.717) is 35.6 Å². The number of carbonyl (C=O) groups is 1. The molecule has 5 rings (SSSR count). The molecule has 9 heteroatoms. The first kappa shape index (κ1) is 21.3. The summed E-state index contributed by atoms with van der Waals surface area (Å²) < 4.78 is 0. The largest absolute Gasteiger partial charge is 0.478 e. The first-order valence-electron chi connectivity index (χ1n) is 10.8. The molecule has 2 N–H and O–H groups in total. The van der Waals surface area contributed by atoms with Gasteiger partial charge in [0.05, 0.1) is 47.1 Å². The normalized spacial score (nSPS) is 13.4. The molecular formula is C25H21N7O2. The molecule has 0 saturated carbocycles. The highest BCUT2D eigenvalue weighted by atomic mass is 16.4. The number of benzene rings is 2. The van der Waals surface area contributed by atoms with Gasteiger partial charge in [0, 0.05) is 23.6 Å². The number of carboxylic acids is 1. The summed E-state index contributed by atoms with van der Waals surface area (Å²) in [5.74, 6) is -0.515. The lowest BCUT2D eigenvalue weighted by molar-refractivity contribution is 0.0698. The molecule has 0 radical (unpaired) electrons. The Labute approximate surface area is 195 Å². The summed E-state index contributed by atoms with van der Waals surface area (Å²) in [5, 5.41) is 22.7. The van der Waals surface area contributed by atoms with Crippen molar-refractivity contribution < 1.29 is 9.90 Å². The van der Waals surface area contributed by atoms with Gasteiger partial charge in [0.15, 0.2) is 11.5 Å². The smallest absolute Gasteiger partial charge is 0.337 e. The van der Waals surface area contributed by atoms with E-state index in [1.165, 1.54) is 0 Å². The zero-order valence-electron chi connectivity index (χ0n) is 18.6. The zero-order valence-corrected chi connectivity index (χ0v) is 18.6. The molecule has 0 amide bonds. The highest BCUT2D eigenvalue weighted by Gasteiger charge is 2.26. The number of anilines is 2. The summed E-state index contributed by atoms with van der Waals surface area (Å²) >= 11 is 0. The van der Waals surface area contributed by atoms with Crippen molar-refractivity contribution in [1.82, 2.24) is 19.9 Å². The number of nitrogens with one attached hydrogen (secondary N) is 1. The topological polar surface area (TPSA) is 128 Å². The lowest BCUT2D eigenvalue weighted by Crippen LogP contribution is -2.19. The van der Waals surface area contributed by atoms with Gasteiger partial charge in [0.25, 0.3) is 0 Å². The molecule has 1 aliphatic rings. The van der Waals surface area contributed by atoms with E-state index >= 15 is 0 Å². The number of para-hydroxylation sites is 1. The summed E-state index contributed by atoms with van der Waals surface area (Å²) in [6.07, 6.45) is 3.31. The first-order valence-corrected chi connectivity index (χ1v) is 10.8. The van der Waals surface area contributed by atoms with Crippen LogP contribution >= 0.6 is 0 Å². The van der Waals surface area contributed by atoms with E-state index in [-0.39, 0.29) is 17.3 Å². The minimum Gasteiger partial charge on any atom is -0.478 e. The van der Waals surface area contributed by atoms with Crippen LogP contribution in [0.15, 0.2) is 48.8 Å². The van der Waals surface area contributed by atoms with Crippen LogP contribution in [0, 0.1) is 18.3 Å². The molecule has 0 aliphatic carbocycles. The van der Waals surface area contributed by atoms with Crippen molar-refractivity contribution in [2.45, 2.75) is 33.0 Å². The second kappa shape index (κ2) is 8.41. The number of aryl methyl sites for hydroxylation is 1. The standard InChI is InChI=1S/C25H21N7O2/c1-14-9-17(15(2)29-18-6-4-3-5-16(18)25(33)34)23-19(10-14)30-20(11-26)24(31-23)32-12-21-22(13-32)28-8-7-27-21/h3-10,15,29H,12-13H2,1-2H3,(H,33,34)/t15-/m1/s1. The van der Waals surface area contributed by atoms with Gasteiger partial charge in [-0.2, -0.15) is 5.26 Å². The van der Waals surface area contributed by atoms with Crippen molar-refractivity contribution in [3.05, 3.63) is 82.6 Å². The van der Waals surface area contributed by atoms with Crippen LogP contribution in [0.25, 0.3) is 11.0 Å². The van der Waals surface area contributed by atoms with Crippen molar-refractivity contribution >= 4 is 28.5 Å². The molecular weight excluding hydrogens is 430 g/mol. The van der Waals surface area contributed by atoms with Crippen LogP contribution in [-0.4, -0.2) is 31.0 Å². The first-order chi connectivity index (χ1) is 16.4. The minimum atomic E-state index is -0.999. The highest BCUT2D eigenvalue weighted by molar-refractivity contribution is 5.94. The Hall–Kier alpha value is -4.58. The van der Waals surface area contributed by atoms with Gasteiger partial charge in [0.2, 0.25) is 0 Å². The second-order valence-corrected chi connectivity index (χ2v) is 8.25. The lowest BCUT2D eigenvalue weighted by Gasteiger charge is -2.21. The maximum absolute atomic E-state index is 11.7. The number of aromatic nitrogens is 4. The van der Waals surface area contributed by atoms with Crippen LogP contribution in [-0.2, 0) is 13.1 Å². The van der Waals surface area contributed by atoms with Crippen LogP contribution in [0.3, 0.4) is 0 Å². The molecule has 0 fully saturated rings. The predicted octanol–water partition coefficient (Wildman–Crippen LogP) is 3.99. The average molecular weight is 451 g/mol. The van der Waals surface area contributed by atoms with Crippen molar-refractivity contribution in [3.8, 4) is 6.07 Å². The SMILES string of the molecule is Cc1cc([C@@H](C)Nc2ccccc2C(=O)O)c2nc(N3Cc4nccnc4C3)c(C#N)nc2c1. The van der Waals surface area contributed by atoms with Crippen LogP contribution in [0.2, 0.25) is 0 Å². The zero-order chi connectivity index (χ0) is 23.8. The van der Waals surface area contributed by atoms with Gasteiger partial charge in [0.1, 0.15) is 6.07 Å². The number of aromatic carboxylic acids is 1. The molecule has 3 heterocycles. The number of hydrogen-bond acceptors (Lipinski definition) is 8. The van der Waals surface area contributed by atoms with Gasteiger partial charge in [-0.05, 0) is 37.6 Å². The van der Waals surface area contributed by atoms with Crippen molar-refractivity contribution in [3.63, 3.8) is 0 Å². The second-order valence-electron chi connectivity index (χ2n) is 8.25. The number of nitrogens with zero attached hydrogens (tertiary/aromatic N) is 6. The van der Waals surface area contributed by atoms with E-state index in [2.05, 4.69) is 26.3 Å². The summed E-state index contributed by atoms with van der Waals surface area (Å²) in [6.45, 7) is 4.90. The van der Waals surface area contributed by atoms with Gasteiger partial charge < -0.3 is 15.3 Å². The Kier molecular flexibility index (Phi) is 5.26. The molecule has 4 aromatic rings. The van der Waals surface area contributed by atoms with E-state index in [4.69, 9.17) is 4.98 Å². The van der Waals surface area contributed by atoms with Crippen molar-refractivity contribution in [2.24, 2.45) is 0 Å². The van der Waals surface area contributed by atoms with E-state index in [9.17, 15) is 15.2 Å². The summed E-state index contributed by atoms with van der Waals surface area (Å²) in [5.41, 5.74) is 5.78. The third-order valence-electron chi connectivity index (χ3n) is 5.87. The Balaban J connectivity index is 1.58. The van der Waals surface area contributed by atoms with Gasteiger partial charge in [-0.1, -0.05) is 18.2 Å². The van der Waals surface area contributed by atoms with Gasteiger partial charge in [-0.3, -0.25) is 9.97 Å². The van der Waals surface area contributed by atoms with Crippen LogP contribution in [0.1, 0.15) is 51.5 Å². The summed E-state index contributed by atoms with van der Waals surface area (Å²) in [7, 11) is 0.